The smallest absolute Gasteiger partial charge is 0.265 e. The van der Waals surface area contributed by atoms with Crippen LogP contribution in [0.2, 0.25) is 5.02 Å². The lowest BCUT2D eigenvalue weighted by atomic mass is 10.2. The van der Waals surface area contributed by atoms with Crippen molar-refractivity contribution in [2.75, 3.05) is 10.6 Å². The number of thiophene rings is 1. The molecule has 0 spiro atoms. The van der Waals surface area contributed by atoms with Crippen molar-refractivity contribution < 1.29 is 14.0 Å². The summed E-state index contributed by atoms with van der Waals surface area (Å²) >= 11 is 7.03. The summed E-state index contributed by atoms with van der Waals surface area (Å²) in [6.45, 7) is 0. The van der Waals surface area contributed by atoms with Crippen molar-refractivity contribution in [3.8, 4) is 0 Å². The lowest BCUT2D eigenvalue weighted by Gasteiger charge is -2.08. The highest BCUT2D eigenvalue weighted by molar-refractivity contribution is 7.12. The van der Waals surface area contributed by atoms with Crippen LogP contribution < -0.4 is 10.6 Å². The number of hydrogen-bond donors (Lipinski definition) is 2. The highest BCUT2D eigenvalue weighted by Gasteiger charge is 2.12. The summed E-state index contributed by atoms with van der Waals surface area (Å²) < 4.78 is 13.8. The second-order valence-corrected chi connectivity index (χ2v) is 6.42. The number of anilines is 2. The number of carbonyl (C=O) groups is 2. The first-order chi connectivity index (χ1) is 12.0. The normalized spacial score (nSPS) is 10.3. The van der Waals surface area contributed by atoms with Gasteiger partial charge in [-0.3, -0.25) is 9.59 Å². The first-order valence-corrected chi connectivity index (χ1v) is 8.50. The zero-order chi connectivity index (χ0) is 17.8. The van der Waals surface area contributed by atoms with Crippen molar-refractivity contribution in [2.45, 2.75) is 0 Å². The number of amides is 2. The SMILES string of the molecule is O=C(Nc1cccc(Cl)c1F)c1ccc(NC(=O)c2cccs2)cc1. The van der Waals surface area contributed by atoms with Gasteiger partial charge in [0.1, 0.15) is 0 Å². The van der Waals surface area contributed by atoms with Gasteiger partial charge in [-0.25, -0.2) is 4.39 Å². The predicted octanol–water partition coefficient (Wildman–Crippen LogP) is 5.05. The van der Waals surface area contributed by atoms with Crippen LogP contribution in [0.3, 0.4) is 0 Å². The number of benzene rings is 2. The molecule has 1 aromatic heterocycles. The molecule has 4 nitrogen and oxygen atoms in total. The van der Waals surface area contributed by atoms with Gasteiger partial charge >= 0.3 is 0 Å². The molecule has 0 aliphatic heterocycles. The first-order valence-electron chi connectivity index (χ1n) is 7.25. The van der Waals surface area contributed by atoms with E-state index in [-0.39, 0.29) is 16.6 Å². The number of carbonyl (C=O) groups excluding carboxylic acids is 2. The summed E-state index contributed by atoms with van der Waals surface area (Å²) in [5.74, 6) is -1.37. The van der Waals surface area contributed by atoms with E-state index in [0.717, 1.165) is 0 Å². The second-order valence-electron chi connectivity index (χ2n) is 5.06. The average molecular weight is 375 g/mol. The fraction of sp³-hybridized carbons (Fsp3) is 0. The molecule has 0 radical (unpaired) electrons. The zero-order valence-corrected chi connectivity index (χ0v) is 14.3. The fourth-order valence-electron chi connectivity index (χ4n) is 2.10. The van der Waals surface area contributed by atoms with Crippen LogP contribution in [0, 0.1) is 5.82 Å². The van der Waals surface area contributed by atoms with E-state index in [9.17, 15) is 14.0 Å². The molecule has 0 saturated carbocycles. The first kappa shape index (κ1) is 17.1. The predicted molar refractivity (Wildman–Crippen MR) is 98.1 cm³/mol. The van der Waals surface area contributed by atoms with Gasteiger partial charge in [0.2, 0.25) is 0 Å². The van der Waals surface area contributed by atoms with Gasteiger partial charge in [0.15, 0.2) is 5.82 Å². The molecule has 126 valence electrons. The highest BCUT2D eigenvalue weighted by Crippen LogP contribution is 2.23. The Kier molecular flexibility index (Phi) is 5.11. The van der Waals surface area contributed by atoms with Crippen LogP contribution in [0.5, 0.6) is 0 Å². The Balaban J connectivity index is 1.68. The van der Waals surface area contributed by atoms with E-state index in [4.69, 9.17) is 11.6 Å². The zero-order valence-electron chi connectivity index (χ0n) is 12.8. The minimum Gasteiger partial charge on any atom is -0.321 e. The van der Waals surface area contributed by atoms with Crippen LogP contribution >= 0.6 is 22.9 Å². The molecule has 25 heavy (non-hydrogen) atoms. The quantitative estimate of drug-likeness (QED) is 0.671. The van der Waals surface area contributed by atoms with E-state index in [1.807, 2.05) is 5.38 Å². The lowest BCUT2D eigenvalue weighted by molar-refractivity contribution is 0.102. The third-order valence-corrected chi connectivity index (χ3v) is 4.51. The van der Waals surface area contributed by atoms with Gasteiger partial charge in [-0.15, -0.1) is 11.3 Å². The molecular formula is C18H12ClFN2O2S. The monoisotopic (exact) mass is 374 g/mol. The largest absolute Gasteiger partial charge is 0.321 e. The van der Waals surface area contributed by atoms with E-state index in [2.05, 4.69) is 10.6 Å². The van der Waals surface area contributed by atoms with Gasteiger partial charge in [0.05, 0.1) is 15.6 Å². The summed E-state index contributed by atoms with van der Waals surface area (Å²) in [7, 11) is 0. The van der Waals surface area contributed by atoms with Gasteiger partial charge in [0, 0.05) is 11.3 Å². The number of nitrogens with one attached hydrogen (secondary N) is 2. The van der Waals surface area contributed by atoms with E-state index in [1.54, 1.807) is 42.5 Å². The van der Waals surface area contributed by atoms with E-state index < -0.39 is 11.7 Å². The number of rotatable bonds is 4. The third kappa shape index (κ3) is 4.04. The maximum absolute atomic E-state index is 13.8. The van der Waals surface area contributed by atoms with Crippen LogP contribution in [-0.4, -0.2) is 11.8 Å². The second kappa shape index (κ2) is 7.46. The van der Waals surface area contributed by atoms with E-state index in [0.29, 0.717) is 16.1 Å². The molecule has 2 N–H and O–H groups in total. The average Bonchev–Trinajstić information content (AvgIpc) is 3.14. The Labute approximate surface area is 152 Å². The van der Waals surface area contributed by atoms with Crippen molar-refractivity contribution in [1.82, 2.24) is 0 Å². The Bertz CT molecular complexity index is 911. The summed E-state index contributed by atoms with van der Waals surface area (Å²) in [6, 6.07) is 14.2. The molecule has 3 aromatic rings. The molecule has 2 aromatic carbocycles. The summed E-state index contributed by atoms with van der Waals surface area (Å²) in [6.07, 6.45) is 0. The third-order valence-electron chi connectivity index (χ3n) is 3.35. The molecule has 0 atom stereocenters. The van der Waals surface area contributed by atoms with Crippen LogP contribution in [-0.2, 0) is 0 Å². The minimum atomic E-state index is -0.683. The standard InChI is InChI=1S/C18H12ClFN2O2S/c19-13-3-1-4-14(16(13)20)22-17(23)11-6-8-12(9-7-11)21-18(24)15-5-2-10-25-15/h1-10H,(H,21,24)(H,22,23). The van der Waals surface area contributed by atoms with Gasteiger partial charge in [-0.1, -0.05) is 23.7 Å². The number of halogens is 2. The summed E-state index contributed by atoms with van der Waals surface area (Å²) in [5.41, 5.74) is 0.893. The maximum Gasteiger partial charge on any atom is 0.265 e. The molecule has 0 fully saturated rings. The van der Waals surface area contributed by atoms with Crippen molar-refractivity contribution in [3.63, 3.8) is 0 Å². The van der Waals surface area contributed by atoms with Crippen molar-refractivity contribution in [1.29, 1.82) is 0 Å². The summed E-state index contributed by atoms with van der Waals surface area (Å²) in [4.78, 5) is 24.8. The van der Waals surface area contributed by atoms with Crippen molar-refractivity contribution in [2.24, 2.45) is 0 Å². The molecule has 0 aliphatic carbocycles. The molecule has 7 heteroatoms. The van der Waals surface area contributed by atoms with Gasteiger partial charge in [-0.05, 0) is 47.8 Å². The Morgan fingerprint density at radius 3 is 2.36 bits per heavy atom. The van der Waals surface area contributed by atoms with Gasteiger partial charge in [-0.2, -0.15) is 0 Å². The van der Waals surface area contributed by atoms with E-state index >= 15 is 0 Å². The molecule has 0 saturated heterocycles. The molecule has 2 amide bonds. The number of hydrogen-bond acceptors (Lipinski definition) is 3. The van der Waals surface area contributed by atoms with Crippen molar-refractivity contribution in [3.05, 3.63) is 81.3 Å². The highest BCUT2D eigenvalue weighted by atomic mass is 35.5. The summed E-state index contributed by atoms with van der Waals surface area (Å²) in [5, 5.41) is 6.96. The van der Waals surface area contributed by atoms with Crippen LogP contribution in [0.15, 0.2) is 60.0 Å². The van der Waals surface area contributed by atoms with Crippen molar-refractivity contribution >= 4 is 46.1 Å². The Morgan fingerprint density at radius 1 is 0.920 bits per heavy atom. The Morgan fingerprint density at radius 2 is 1.68 bits per heavy atom. The maximum atomic E-state index is 13.8. The minimum absolute atomic E-state index is 0.00701. The van der Waals surface area contributed by atoms with Crippen LogP contribution in [0.4, 0.5) is 15.8 Å². The molecular weight excluding hydrogens is 363 g/mol. The molecule has 1 heterocycles. The Hall–Kier alpha value is -2.70. The van der Waals surface area contributed by atoms with Crippen LogP contribution in [0.25, 0.3) is 0 Å². The topological polar surface area (TPSA) is 58.2 Å². The lowest BCUT2D eigenvalue weighted by Crippen LogP contribution is -2.14. The van der Waals surface area contributed by atoms with E-state index in [1.165, 1.54) is 23.5 Å². The molecule has 0 aliphatic rings. The fourth-order valence-corrected chi connectivity index (χ4v) is 2.89. The molecule has 0 bridgehead atoms. The molecule has 3 rings (SSSR count). The van der Waals surface area contributed by atoms with Gasteiger partial charge in [0.25, 0.3) is 11.8 Å². The van der Waals surface area contributed by atoms with Crippen LogP contribution in [0.1, 0.15) is 20.0 Å². The molecule has 0 unspecified atom stereocenters. The van der Waals surface area contributed by atoms with Gasteiger partial charge < -0.3 is 10.6 Å².